The highest BCUT2D eigenvalue weighted by Crippen LogP contribution is 2.36. The van der Waals surface area contributed by atoms with Crippen LogP contribution in [-0.4, -0.2) is 71.5 Å². The molecule has 0 amide bonds. The molecule has 2 aliphatic carbocycles. The van der Waals surface area contributed by atoms with E-state index < -0.39 is 0 Å². The number of aromatic nitrogens is 2. The van der Waals surface area contributed by atoms with Gasteiger partial charge in [-0.2, -0.15) is 0 Å². The predicted octanol–water partition coefficient (Wildman–Crippen LogP) is 5.24. The van der Waals surface area contributed by atoms with Crippen molar-refractivity contribution in [1.82, 2.24) is 14.5 Å². The Morgan fingerprint density at radius 1 is 1.02 bits per heavy atom. The summed E-state index contributed by atoms with van der Waals surface area (Å²) in [4.78, 5) is 40.7. The first-order valence-electron chi connectivity index (χ1n) is 16.2. The minimum Gasteiger partial charge on any atom is -0.465 e. The van der Waals surface area contributed by atoms with Gasteiger partial charge in [0.15, 0.2) is 5.82 Å². The monoisotopic (exact) mass is 561 g/mol. The lowest BCUT2D eigenvalue weighted by Crippen LogP contribution is -2.38. The van der Waals surface area contributed by atoms with E-state index in [0.29, 0.717) is 42.8 Å². The van der Waals surface area contributed by atoms with Gasteiger partial charge in [0.1, 0.15) is 0 Å². The first-order valence-corrected chi connectivity index (χ1v) is 16.2. The average Bonchev–Trinajstić information content (AvgIpc) is 3.49. The maximum atomic E-state index is 14.1. The Balaban J connectivity index is 1.18. The van der Waals surface area contributed by atoms with Gasteiger partial charge in [-0.05, 0) is 75.8 Å². The van der Waals surface area contributed by atoms with Gasteiger partial charge in [-0.1, -0.05) is 44.2 Å². The fourth-order valence-electron chi connectivity index (χ4n) is 7.78. The second-order valence-electron chi connectivity index (χ2n) is 13.0. The summed E-state index contributed by atoms with van der Waals surface area (Å²) >= 11 is 0. The zero-order chi connectivity index (χ0) is 28.3. The van der Waals surface area contributed by atoms with E-state index in [2.05, 4.69) is 16.7 Å². The third-order valence-corrected chi connectivity index (χ3v) is 10.0. The molecule has 41 heavy (non-hydrogen) atoms. The molecule has 8 heteroatoms. The summed E-state index contributed by atoms with van der Waals surface area (Å²) in [6.45, 7) is 8.16. The number of fused-ring (bicyclic) bond motifs is 2. The maximum absolute atomic E-state index is 14.1. The quantitative estimate of drug-likeness (QED) is 0.410. The second kappa shape index (κ2) is 12.6. The third kappa shape index (κ3) is 6.23. The van der Waals surface area contributed by atoms with Crippen LogP contribution in [0.15, 0.2) is 34.1 Å². The van der Waals surface area contributed by atoms with Crippen molar-refractivity contribution in [3.05, 3.63) is 34.6 Å². The van der Waals surface area contributed by atoms with Gasteiger partial charge in [0, 0.05) is 44.0 Å². The molecule has 0 bridgehead atoms. The minimum atomic E-state index is -0.151. The third-order valence-electron chi connectivity index (χ3n) is 10.0. The van der Waals surface area contributed by atoms with Gasteiger partial charge >= 0.3 is 5.97 Å². The maximum Gasteiger partial charge on any atom is 0.320 e. The van der Waals surface area contributed by atoms with Crippen LogP contribution in [0.2, 0.25) is 0 Å². The van der Waals surface area contributed by atoms with Crippen molar-refractivity contribution in [2.75, 3.05) is 44.2 Å². The number of para-hydroxylation sites is 2. The summed E-state index contributed by atoms with van der Waals surface area (Å²) in [5, 5.41) is 0. The lowest BCUT2D eigenvalue weighted by molar-refractivity contribution is -0.144. The van der Waals surface area contributed by atoms with Crippen LogP contribution in [0, 0.1) is 17.8 Å². The fraction of sp³-hybridized carbons (Fsp3) is 0.697. The number of hydrogen-bond donors (Lipinski definition) is 0. The van der Waals surface area contributed by atoms with Crippen molar-refractivity contribution in [2.45, 2.75) is 90.1 Å². The van der Waals surface area contributed by atoms with E-state index in [4.69, 9.17) is 14.7 Å². The molecule has 1 aromatic carbocycles. The Hall–Kier alpha value is -2.74. The Morgan fingerprint density at radius 2 is 1.73 bits per heavy atom. The number of esters is 1. The Kier molecular flexibility index (Phi) is 8.75. The highest BCUT2D eigenvalue weighted by atomic mass is 16.5. The van der Waals surface area contributed by atoms with Crippen LogP contribution >= 0.6 is 0 Å². The van der Waals surface area contributed by atoms with Crippen LogP contribution in [0.5, 0.6) is 0 Å². The lowest BCUT2D eigenvalue weighted by atomic mass is 9.78. The van der Waals surface area contributed by atoms with Crippen molar-refractivity contribution < 1.29 is 9.53 Å². The number of carbonyl (C=O) groups is 1. The van der Waals surface area contributed by atoms with Crippen LogP contribution in [0.25, 0.3) is 11.0 Å². The number of benzene rings is 1. The van der Waals surface area contributed by atoms with Gasteiger partial charge in [-0.15, -0.1) is 0 Å². The van der Waals surface area contributed by atoms with E-state index in [1.807, 2.05) is 35.8 Å². The topological polar surface area (TPSA) is 80.0 Å². The van der Waals surface area contributed by atoms with Gasteiger partial charge in [-0.3, -0.25) is 19.5 Å². The van der Waals surface area contributed by atoms with Crippen molar-refractivity contribution >= 4 is 28.5 Å². The summed E-state index contributed by atoms with van der Waals surface area (Å²) in [5.74, 6) is 1.78. The number of ether oxygens (including phenoxy) is 1. The fourth-order valence-corrected chi connectivity index (χ4v) is 7.78. The molecule has 4 atom stereocenters. The molecule has 1 aromatic heterocycles. The number of rotatable bonds is 8. The van der Waals surface area contributed by atoms with E-state index in [1.54, 1.807) is 0 Å². The van der Waals surface area contributed by atoms with Crippen LogP contribution in [-0.2, 0) is 9.53 Å². The number of carbonyl (C=O) groups excluding carboxylic acids is 1. The van der Waals surface area contributed by atoms with E-state index in [1.165, 1.54) is 57.1 Å². The molecule has 8 nitrogen and oxygen atoms in total. The van der Waals surface area contributed by atoms with Gasteiger partial charge < -0.3 is 14.2 Å². The zero-order valence-electron chi connectivity index (χ0n) is 25.0. The molecule has 2 saturated heterocycles. The van der Waals surface area contributed by atoms with Crippen molar-refractivity contribution in [2.24, 2.45) is 22.7 Å². The van der Waals surface area contributed by atoms with Gasteiger partial charge in [0.05, 0.1) is 24.2 Å². The summed E-state index contributed by atoms with van der Waals surface area (Å²) in [5.41, 5.74) is 3.23. The number of likely N-dealkylation sites (tertiary alicyclic amines) is 1. The molecule has 2 saturated carbocycles. The van der Waals surface area contributed by atoms with Crippen LogP contribution in [0.1, 0.15) is 84.1 Å². The molecule has 4 fully saturated rings. The average molecular weight is 562 g/mol. The molecule has 0 spiro atoms. The molecule has 0 N–H and O–H groups in total. The molecule has 2 aromatic rings. The predicted molar refractivity (Wildman–Crippen MR) is 164 cm³/mol. The highest BCUT2D eigenvalue weighted by molar-refractivity contribution is 5.92. The molecule has 4 aliphatic rings. The van der Waals surface area contributed by atoms with Gasteiger partial charge in [0.25, 0.3) is 5.56 Å². The number of aliphatic imine (C=N–C) groups is 1. The molecular weight excluding hydrogens is 514 g/mol. The smallest absolute Gasteiger partial charge is 0.320 e. The molecule has 2 aliphatic heterocycles. The normalized spacial score (nSPS) is 27.4. The summed E-state index contributed by atoms with van der Waals surface area (Å²) < 4.78 is 7.17. The molecule has 3 unspecified atom stereocenters. The van der Waals surface area contributed by atoms with Crippen LogP contribution in [0.3, 0.4) is 0 Å². The van der Waals surface area contributed by atoms with Crippen LogP contribution in [0.4, 0.5) is 5.82 Å². The number of anilines is 1. The SMILES string of the molecule is CCOC(=O)CN1CC2CN(c3nc4ccccc4n([C@@H](C)CC4CCC4=NC4CCCCCCC4)c3=O)CC2C1. The molecule has 3 heterocycles. The van der Waals surface area contributed by atoms with E-state index in [-0.39, 0.29) is 17.6 Å². The van der Waals surface area contributed by atoms with Crippen molar-refractivity contribution in [3.63, 3.8) is 0 Å². The largest absolute Gasteiger partial charge is 0.465 e. The Bertz CT molecular complexity index is 1300. The Morgan fingerprint density at radius 3 is 2.41 bits per heavy atom. The first-order chi connectivity index (χ1) is 20.0. The van der Waals surface area contributed by atoms with Crippen molar-refractivity contribution in [3.8, 4) is 0 Å². The van der Waals surface area contributed by atoms with E-state index >= 15 is 0 Å². The minimum absolute atomic E-state index is 0.0254. The molecule has 6 rings (SSSR count). The van der Waals surface area contributed by atoms with E-state index in [0.717, 1.165) is 50.1 Å². The Labute approximate surface area is 244 Å². The van der Waals surface area contributed by atoms with E-state index in [9.17, 15) is 9.59 Å². The van der Waals surface area contributed by atoms with Gasteiger partial charge in [0.2, 0.25) is 0 Å². The zero-order valence-corrected chi connectivity index (χ0v) is 25.0. The lowest BCUT2D eigenvalue weighted by Gasteiger charge is -2.33. The standard InChI is InChI=1S/C33H47N5O3/c1-3-41-31(39)22-36-18-25-20-37(21-26(25)19-36)32-33(40)38(30-14-10-9-13-29(30)35-32)23(2)17-24-15-16-28(24)34-27-11-7-5-4-6-8-12-27/h9-10,13-14,23-27H,3-8,11-12,15-22H2,1-2H3/t23-,24?,25?,26?/m0/s1. The second-order valence-corrected chi connectivity index (χ2v) is 13.0. The number of hydrogen-bond acceptors (Lipinski definition) is 7. The molecule has 222 valence electrons. The summed E-state index contributed by atoms with van der Waals surface area (Å²) in [6.07, 6.45) is 12.4. The first kappa shape index (κ1) is 28.4. The van der Waals surface area contributed by atoms with Gasteiger partial charge in [-0.25, -0.2) is 4.98 Å². The summed E-state index contributed by atoms with van der Waals surface area (Å²) in [6, 6.07) is 8.67. The molecular formula is C33H47N5O3. The number of nitrogens with zero attached hydrogens (tertiary/aromatic N) is 5. The molecule has 0 radical (unpaired) electrons. The van der Waals surface area contributed by atoms with Crippen molar-refractivity contribution in [1.29, 1.82) is 0 Å². The summed E-state index contributed by atoms with van der Waals surface area (Å²) in [7, 11) is 0. The van der Waals surface area contributed by atoms with Crippen LogP contribution < -0.4 is 10.5 Å². The highest BCUT2D eigenvalue weighted by Gasteiger charge is 2.42.